The van der Waals surface area contributed by atoms with E-state index in [1.165, 1.54) is 13.4 Å². The number of hydrogen-bond acceptors (Lipinski definition) is 8. The second kappa shape index (κ2) is 9.93. The van der Waals surface area contributed by atoms with E-state index in [1.54, 1.807) is 17.2 Å². The van der Waals surface area contributed by atoms with Crippen LogP contribution in [0.2, 0.25) is 0 Å². The lowest BCUT2D eigenvalue weighted by Gasteiger charge is -2.31. The second-order valence-electron chi connectivity index (χ2n) is 7.39. The maximum atomic E-state index is 12.1. The molecule has 3 heterocycles. The highest BCUT2D eigenvalue weighted by Gasteiger charge is 2.27. The quantitative estimate of drug-likeness (QED) is 0.695. The third kappa shape index (κ3) is 5.51. The Bertz CT molecular complexity index is 967. The van der Waals surface area contributed by atoms with E-state index in [4.69, 9.17) is 20.8 Å². The summed E-state index contributed by atoms with van der Waals surface area (Å²) in [6, 6.07) is 1.69. The number of methoxy groups -OCH3 is 1. The number of hydrogen-bond donors (Lipinski definition) is 1. The molecule has 1 amide bonds. The van der Waals surface area contributed by atoms with Gasteiger partial charge >= 0.3 is 6.09 Å². The average Bonchev–Trinajstić information content (AvgIpc) is 2.75. The van der Waals surface area contributed by atoms with Crippen LogP contribution in [0.15, 0.2) is 18.6 Å². The van der Waals surface area contributed by atoms with E-state index in [2.05, 4.69) is 25.1 Å². The molecule has 2 aromatic rings. The van der Waals surface area contributed by atoms with Crippen LogP contribution in [0.3, 0.4) is 0 Å². The fraction of sp³-hybridized carbons (Fsp3) is 0.476. The van der Waals surface area contributed by atoms with Gasteiger partial charge in [0, 0.05) is 25.9 Å². The number of rotatable bonds is 6. The molecule has 1 N–H and O–H groups in total. The number of pyridine rings is 1. The summed E-state index contributed by atoms with van der Waals surface area (Å²) in [7, 11) is 1.52. The van der Waals surface area contributed by atoms with E-state index < -0.39 is 0 Å². The van der Waals surface area contributed by atoms with Crippen molar-refractivity contribution in [1.82, 2.24) is 19.9 Å². The number of amides is 1. The fourth-order valence-electron chi connectivity index (χ4n) is 3.17. The summed E-state index contributed by atoms with van der Waals surface area (Å²) in [5, 5.41) is 3.17. The lowest BCUT2D eigenvalue weighted by atomic mass is 10.1. The SMILES string of the molecule is [C-]#[N+]c1cc(C)c(Nc2ncnc(OC3CCN(C(=O)OC(C)C)CC3)c2OC)cn1. The number of nitrogens with zero attached hydrogens (tertiary/aromatic N) is 5. The normalized spacial score (nSPS) is 14.1. The largest absolute Gasteiger partial charge is 0.489 e. The van der Waals surface area contributed by atoms with Gasteiger partial charge in [0.25, 0.3) is 11.7 Å². The summed E-state index contributed by atoms with van der Waals surface area (Å²) < 4.78 is 16.8. The Kier molecular flexibility index (Phi) is 7.07. The van der Waals surface area contributed by atoms with Crippen LogP contribution in [0.25, 0.3) is 4.85 Å². The van der Waals surface area contributed by atoms with Crippen LogP contribution in [0, 0.1) is 13.5 Å². The maximum Gasteiger partial charge on any atom is 0.410 e. The first kappa shape index (κ1) is 22.1. The number of nitrogens with one attached hydrogen (secondary N) is 1. The highest BCUT2D eigenvalue weighted by Crippen LogP contribution is 2.35. The highest BCUT2D eigenvalue weighted by atomic mass is 16.6. The molecule has 3 rings (SSSR count). The van der Waals surface area contributed by atoms with Gasteiger partial charge in [0.1, 0.15) is 18.6 Å². The molecular formula is C21H26N6O4. The lowest BCUT2D eigenvalue weighted by Crippen LogP contribution is -2.42. The van der Waals surface area contributed by atoms with Crippen molar-refractivity contribution in [2.75, 3.05) is 25.5 Å². The maximum absolute atomic E-state index is 12.1. The first-order valence-corrected chi connectivity index (χ1v) is 10.0. The number of anilines is 2. The van der Waals surface area contributed by atoms with E-state index >= 15 is 0 Å². The molecule has 0 radical (unpaired) electrons. The highest BCUT2D eigenvalue weighted by molar-refractivity contribution is 5.68. The van der Waals surface area contributed by atoms with Crippen LogP contribution in [0.1, 0.15) is 32.3 Å². The first-order valence-electron chi connectivity index (χ1n) is 10.0. The van der Waals surface area contributed by atoms with Crippen LogP contribution < -0.4 is 14.8 Å². The number of likely N-dealkylation sites (tertiary alicyclic amines) is 1. The van der Waals surface area contributed by atoms with Gasteiger partial charge in [-0.3, -0.25) is 0 Å². The fourth-order valence-corrected chi connectivity index (χ4v) is 3.17. The Morgan fingerprint density at radius 3 is 2.65 bits per heavy atom. The molecule has 0 aliphatic carbocycles. The number of ether oxygens (including phenoxy) is 3. The predicted octanol–water partition coefficient (Wildman–Crippen LogP) is 3.87. The number of aromatic nitrogens is 3. The molecule has 2 aromatic heterocycles. The second-order valence-corrected chi connectivity index (χ2v) is 7.39. The van der Waals surface area contributed by atoms with Crippen LogP contribution in [-0.4, -0.2) is 58.4 Å². The third-order valence-corrected chi connectivity index (χ3v) is 4.75. The average molecular weight is 426 g/mol. The van der Waals surface area contributed by atoms with Gasteiger partial charge in [0.05, 0.1) is 18.9 Å². The summed E-state index contributed by atoms with van der Waals surface area (Å²) in [5.41, 5.74) is 1.55. The standard InChI is InChI=1S/C21H26N6O4/c1-13(2)30-21(28)27-8-6-15(7-9-27)31-20-18(29-5)19(24-12-25-20)26-16-11-23-17(22-4)10-14(16)3/h10-13,15H,6-9H2,1-3,5H3,(H,24,25,26). The van der Waals surface area contributed by atoms with Gasteiger partial charge in [0.2, 0.25) is 5.75 Å². The smallest absolute Gasteiger partial charge is 0.410 e. The van der Waals surface area contributed by atoms with Crippen molar-refractivity contribution >= 4 is 23.4 Å². The molecule has 0 saturated carbocycles. The third-order valence-electron chi connectivity index (χ3n) is 4.75. The topological polar surface area (TPSA) is 103 Å². The molecule has 0 aromatic carbocycles. The molecule has 10 nitrogen and oxygen atoms in total. The molecule has 1 saturated heterocycles. The van der Waals surface area contributed by atoms with Gasteiger partial charge in [-0.05, 0) is 32.4 Å². The minimum atomic E-state index is -0.298. The molecule has 0 unspecified atom stereocenters. The monoisotopic (exact) mass is 426 g/mol. The van der Waals surface area contributed by atoms with E-state index in [-0.39, 0.29) is 18.3 Å². The zero-order valence-electron chi connectivity index (χ0n) is 18.1. The van der Waals surface area contributed by atoms with Crippen molar-refractivity contribution in [2.45, 2.75) is 45.8 Å². The van der Waals surface area contributed by atoms with Crippen molar-refractivity contribution in [3.8, 4) is 11.6 Å². The van der Waals surface area contributed by atoms with Gasteiger partial charge in [-0.1, -0.05) is 6.57 Å². The molecule has 164 valence electrons. The zero-order valence-corrected chi connectivity index (χ0v) is 18.1. The van der Waals surface area contributed by atoms with Gasteiger partial charge in [-0.15, -0.1) is 4.98 Å². The van der Waals surface area contributed by atoms with Gasteiger partial charge < -0.3 is 29.3 Å². The van der Waals surface area contributed by atoms with Crippen molar-refractivity contribution in [3.63, 3.8) is 0 Å². The van der Waals surface area contributed by atoms with Crippen molar-refractivity contribution in [3.05, 3.63) is 35.6 Å². The van der Waals surface area contributed by atoms with E-state index in [9.17, 15) is 4.79 Å². The molecule has 1 fully saturated rings. The number of aryl methyl sites for hydroxylation is 1. The van der Waals surface area contributed by atoms with Crippen LogP contribution in [-0.2, 0) is 4.74 Å². The first-order chi connectivity index (χ1) is 14.9. The molecule has 1 aliphatic rings. The summed E-state index contributed by atoms with van der Waals surface area (Å²) in [6.07, 6.45) is 3.74. The van der Waals surface area contributed by atoms with Gasteiger partial charge in [0.15, 0.2) is 5.82 Å². The minimum absolute atomic E-state index is 0.110. The molecular weight excluding hydrogens is 400 g/mol. The van der Waals surface area contributed by atoms with Crippen LogP contribution >= 0.6 is 0 Å². The summed E-state index contributed by atoms with van der Waals surface area (Å²) in [5.74, 6) is 1.46. The summed E-state index contributed by atoms with van der Waals surface area (Å²) in [6.45, 7) is 13.7. The Balaban J connectivity index is 1.68. The molecule has 10 heteroatoms. The van der Waals surface area contributed by atoms with Crippen molar-refractivity contribution < 1.29 is 19.0 Å². The lowest BCUT2D eigenvalue weighted by molar-refractivity contribution is 0.0500. The van der Waals surface area contributed by atoms with Crippen LogP contribution in [0.5, 0.6) is 11.6 Å². The zero-order chi connectivity index (χ0) is 22.4. The molecule has 0 bridgehead atoms. The molecule has 0 spiro atoms. The molecule has 1 aliphatic heterocycles. The van der Waals surface area contributed by atoms with E-state index in [0.717, 1.165) is 5.56 Å². The number of carbonyl (C=O) groups is 1. The van der Waals surface area contributed by atoms with Gasteiger partial charge in [-0.25, -0.2) is 9.78 Å². The summed E-state index contributed by atoms with van der Waals surface area (Å²) in [4.78, 5) is 29.7. The number of carbonyl (C=O) groups excluding carboxylic acids is 1. The van der Waals surface area contributed by atoms with E-state index in [0.29, 0.717) is 54.9 Å². The van der Waals surface area contributed by atoms with Crippen LogP contribution in [0.4, 0.5) is 22.1 Å². The Morgan fingerprint density at radius 2 is 2.03 bits per heavy atom. The van der Waals surface area contributed by atoms with E-state index in [1.807, 2.05) is 20.8 Å². The predicted molar refractivity (Wildman–Crippen MR) is 114 cm³/mol. The summed E-state index contributed by atoms with van der Waals surface area (Å²) >= 11 is 0. The Hall–Kier alpha value is -3.61. The molecule has 31 heavy (non-hydrogen) atoms. The number of piperidine rings is 1. The van der Waals surface area contributed by atoms with Crippen molar-refractivity contribution in [1.29, 1.82) is 0 Å². The molecule has 0 atom stereocenters. The van der Waals surface area contributed by atoms with Crippen molar-refractivity contribution in [2.24, 2.45) is 0 Å². The van der Waals surface area contributed by atoms with Gasteiger partial charge in [-0.2, -0.15) is 4.98 Å². The Morgan fingerprint density at radius 1 is 1.29 bits per heavy atom. The minimum Gasteiger partial charge on any atom is -0.489 e. The Labute approximate surface area is 181 Å².